The number of nitrogens with one attached hydrogen (secondary N) is 2. The summed E-state index contributed by atoms with van der Waals surface area (Å²) in [6, 6.07) is 17.8. The van der Waals surface area contributed by atoms with Gasteiger partial charge in [0.25, 0.3) is 5.91 Å². The minimum absolute atomic E-state index is 0.0203. The highest BCUT2D eigenvalue weighted by atomic mass is 16.5. The Morgan fingerprint density at radius 1 is 1.07 bits per heavy atom. The van der Waals surface area contributed by atoms with E-state index in [1.165, 1.54) is 12.3 Å². The van der Waals surface area contributed by atoms with Crippen molar-refractivity contribution in [3.05, 3.63) is 72.1 Å². The lowest BCUT2D eigenvalue weighted by molar-refractivity contribution is 0.102. The third kappa shape index (κ3) is 4.62. The third-order valence-corrected chi connectivity index (χ3v) is 3.68. The van der Waals surface area contributed by atoms with Crippen LogP contribution in [0.1, 0.15) is 29.9 Å². The number of anilines is 3. The lowest BCUT2D eigenvalue weighted by atomic mass is 10.2. The van der Waals surface area contributed by atoms with Crippen LogP contribution in [0.25, 0.3) is 0 Å². The van der Waals surface area contributed by atoms with Crippen molar-refractivity contribution in [3.63, 3.8) is 0 Å². The van der Waals surface area contributed by atoms with Crippen molar-refractivity contribution in [2.75, 3.05) is 10.6 Å². The molecule has 0 aliphatic carbocycles. The van der Waals surface area contributed by atoms with Crippen LogP contribution in [0.5, 0.6) is 5.75 Å². The molecule has 28 heavy (non-hydrogen) atoms. The number of nitriles is 1. The Morgan fingerprint density at radius 3 is 2.54 bits per heavy atom. The molecule has 0 aliphatic rings. The largest absolute Gasteiger partial charge is 0.489 e. The molecule has 0 atom stereocenters. The maximum atomic E-state index is 12.6. The molecular formula is C21H19N5O2. The van der Waals surface area contributed by atoms with Crippen molar-refractivity contribution in [3.8, 4) is 11.8 Å². The fourth-order valence-corrected chi connectivity index (χ4v) is 2.47. The van der Waals surface area contributed by atoms with Crippen LogP contribution < -0.4 is 15.4 Å². The van der Waals surface area contributed by atoms with Crippen molar-refractivity contribution < 1.29 is 9.53 Å². The average molecular weight is 373 g/mol. The molecule has 0 saturated heterocycles. The number of carbonyl (C=O) groups is 1. The molecule has 1 aromatic heterocycles. The van der Waals surface area contributed by atoms with Gasteiger partial charge in [-0.3, -0.25) is 4.79 Å². The van der Waals surface area contributed by atoms with Gasteiger partial charge in [0.2, 0.25) is 5.95 Å². The highest BCUT2D eigenvalue weighted by molar-refractivity contribution is 6.03. The van der Waals surface area contributed by atoms with Gasteiger partial charge in [-0.15, -0.1) is 0 Å². The van der Waals surface area contributed by atoms with E-state index in [1.54, 1.807) is 36.4 Å². The number of benzene rings is 2. The number of carbonyl (C=O) groups excluding carboxylic acids is 1. The van der Waals surface area contributed by atoms with E-state index in [0.717, 1.165) is 0 Å². The van der Waals surface area contributed by atoms with Crippen molar-refractivity contribution in [1.82, 2.24) is 9.97 Å². The number of ether oxygens (including phenoxy) is 1. The predicted octanol–water partition coefficient (Wildman–Crippen LogP) is 4.13. The fraction of sp³-hybridized carbons (Fsp3) is 0.143. The molecule has 0 aliphatic heterocycles. The van der Waals surface area contributed by atoms with Crippen molar-refractivity contribution in [1.29, 1.82) is 5.26 Å². The molecule has 0 fully saturated rings. The van der Waals surface area contributed by atoms with Gasteiger partial charge in [-0.2, -0.15) is 5.26 Å². The summed E-state index contributed by atoms with van der Waals surface area (Å²) in [4.78, 5) is 21.0. The van der Waals surface area contributed by atoms with E-state index in [9.17, 15) is 10.1 Å². The predicted molar refractivity (Wildman–Crippen MR) is 107 cm³/mol. The van der Waals surface area contributed by atoms with Crippen LogP contribution in [0.4, 0.5) is 17.3 Å². The second-order valence-corrected chi connectivity index (χ2v) is 6.16. The molecule has 140 valence electrons. The van der Waals surface area contributed by atoms with Crippen LogP contribution in [0.15, 0.2) is 60.8 Å². The first-order chi connectivity index (χ1) is 13.6. The highest BCUT2D eigenvalue weighted by Gasteiger charge is 2.13. The van der Waals surface area contributed by atoms with Crippen molar-refractivity contribution in [2.45, 2.75) is 20.0 Å². The third-order valence-electron chi connectivity index (χ3n) is 3.68. The van der Waals surface area contributed by atoms with Crippen LogP contribution in [0, 0.1) is 11.3 Å². The molecule has 2 aromatic carbocycles. The van der Waals surface area contributed by atoms with Crippen LogP contribution in [0.3, 0.4) is 0 Å². The Kier molecular flexibility index (Phi) is 5.82. The van der Waals surface area contributed by atoms with E-state index >= 15 is 0 Å². The van der Waals surface area contributed by atoms with E-state index in [4.69, 9.17) is 4.74 Å². The molecule has 2 N–H and O–H groups in total. The standard InChI is InChI=1S/C21H19N5O2/c1-14(2)28-19-10-6-5-9-17(19)24-20(27)18-11-12-23-21(26-18)25-16-8-4-3-7-15(16)13-22/h3-12,14H,1-2H3,(H,24,27)(H,23,25,26). The summed E-state index contributed by atoms with van der Waals surface area (Å²) in [5.74, 6) is 0.419. The highest BCUT2D eigenvalue weighted by Crippen LogP contribution is 2.25. The van der Waals surface area contributed by atoms with Crippen LogP contribution >= 0.6 is 0 Å². The Bertz CT molecular complexity index is 1030. The quantitative estimate of drug-likeness (QED) is 0.674. The van der Waals surface area contributed by atoms with Crippen LogP contribution in [0.2, 0.25) is 0 Å². The maximum absolute atomic E-state index is 12.6. The molecule has 1 heterocycles. The Hall–Kier alpha value is -3.92. The van der Waals surface area contributed by atoms with E-state index in [-0.39, 0.29) is 23.7 Å². The van der Waals surface area contributed by atoms with Crippen LogP contribution in [-0.4, -0.2) is 22.0 Å². The molecule has 3 rings (SSSR count). The monoisotopic (exact) mass is 373 g/mol. The maximum Gasteiger partial charge on any atom is 0.274 e. The minimum atomic E-state index is -0.390. The minimum Gasteiger partial charge on any atom is -0.489 e. The second-order valence-electron chi connectivity index (χ2n) is 6.16. The van der Waals surface area contributed by atoms with Gasteiger partial charge in [-0.05, 0) is 44.2 Å². The SMILES string of the molecule is CC(C)Oc1ccccc1NC(=O)c1ccnc(Nc2ccccc2C#N)n1. The molecule has 7 nitrogen and oxygen atoms in total. The number of para-hydroxylation sites is 3. The Balaban J connectivity index is 1.79. The van der Waals surface area contributed by atoms with Gasteiger partial charge in [-0.1, -0.05) is 24.3 Å². The molecule has 7 heteroatoms. The van der Waals surface area contributed by atoms with Gasteiger partial charge in [0.1, 0.15) is 17.5 Å². The summed E-state index contributed by atoms with van der Waals surface area (Å²) in [6.45, 7) is 3.83. The normalized spacial score (nSPS) is 10.2. The summed E-state index contributed by atoms with van der Waals surface area (Å²) < 4.78 is 5.72. The summed E-state index contributed by atoms with van der Waals surface area (Å²) >= 11 is 0. The number of amides is 1. The number of hydrogen-bond acceptors (Lipinski definition) is 6. The first-order valence-electron chi connectivity index (χ1n) is 8.73. The lowest BCUT2D eigenvalue weighted by Gasteiger charge is -2.14. The summed E-state index contributed by atoms with van der Waals surface area (Å²) in [5, 5.41) is 15.0. The zero-order valence-corrected chi connectivity index (χ0v) is 15.5. The summed E-state index contributed by atoms with van der Waals surface area (Å²) in [7, 11) is 0. The lowest BCUT2D eigenvalue weighted by Crippen LogP contribution is -2.16. The first kappa shape index (κ1) is 18.9. The molecule has 0 bridgehead atoms. The smallest absolute Gasteiger partial charge is 0.274 e. The zero-order chi connectivity index (χ0) is 19.9. The average Bonchev–Trinajstić information content (AvgIpc) is 2.70. The number of hydrogen-bond donors (Lipinski definition) is 2. The van der Waals surface area contributed by atoms with Gasteiger partial charge >= 0.3 is 0 Å². The van der Waals surface area contributed by atoms with E-state index in [1.807, 2.05) is 26.0 Å². The van der Waals surface area contributed by atoms with E-state index in [0.29, 0.717) is 22.7 Å². The van der Waals surface area contributed by atoms with Gasteiger partial charge in [0.05, 0.1) is 23.0 Å². The summed E-state index contributed by atoms with van der Waals surface area (Å²) in [6.07, 6.45) is 1.46. The molecule has 3 aromatic rings. The Labute approximate surface area is 163 Å². The van der Waals surface area contributed by atoms with Crippen molar-refractivity contribution >= 4 is 23.2 Å². The molecule has 0 spiro atoms. The molecule has 1 amide bonds. The fourth-order valence-electron chi connectivity index (χ4n) is 2.47. The zero-order valence-electron chi connectivity index (χ0n) is 15.5. The first-order valence-corrected chi connectivity index (χ1v) is 8.73. The van der Waals surface area contributed by atoms with E-state index in [2.05, 4.69) is 26.7 Å². The summed E-state index contributed by atoms with van der Waals surface area (Å²) in [5.41, 5.74) is 1.77. The molecule has 0 saturated carbocycles. The molecular weight excluding hydrogens is 354 g/mol. The van der Waals surface area contributed by atoms with Gasteiger partial charge < -0.3 is 15.4 Å². The van der Waals surface area contributed by atoms with E-state index < -0.39 is 0 Å². The van der Waals surface area contributed by atoms with Gasteiger partial charge in [0.15, 0.2) is 0 Å². The Morgan fingerprint density at radius 2 is 1.79 bits per heavy atom. The van der Waals surface area contributed by atoms with Gasteiger partial charge in [0, 0.05) is 6.20 Å². The van der Waals surface area contributed by atoms with Gasteiger partial charge in [-0.25, -0.2) is 9.97 Å². The number of rotatable bonds is 6. The van der Waals surface area contributed by atoms with Crippen LogP contribution in [-0.2, 0) is 0 Å². The van der Waals surface area contributed by atoms with Crippen molar-refractivity contribution in [2.24, 2.45) is 0 Å². The second kappa shape index (κ2) is 8.64. The number of aromatic nitrogens is 2. The number of nitrogens with zero attached hydrogens (tertiary/aromatic N) is 3. The molecule has 0 unspecified atom stereocenters. The molecule has 0 radical (unpaired) electrons. The topological polar surface area (TPSA) is 99.9 Å².